The molecule has 0 unspecified atom stereocenters. The predicted molar refractivity (Wildman–Crippen MR) is 154 cm³/mol. The summed E-state index contributed by atoms with van der Waals surface area (Å²) in [5.74, 6) is 1.22. The Kier molecular flexibility index (Phi) is 3.96. The van der Waals surface area contributed by atoms with Gasteiger partial charge >= 0.3 is 0 Å². The zero-order valence-corrected chi connectivity index (χ0v) is 20.1. The van der Waals surface area contributed by atoms with Crippen molar-refractivity contribution >= 4 is 54.7 Å². The number of benzene rings is 6. The van der Waals surface area contributed by atoms with E-state index in [0.29, 0.717) is 0 Å². The monoisotopic (exact) mass is 460 g/mol. The summed E-state index contributed by atoms with van der Waals surface area (Å²) in [7, 11) is 0. The van der Waals surface area contributed by atoms with E-state index in [2.05, 4.69) is 132 Å². The Balaban J connectivity index is 1.63. The second kappa shape index (κ2) is 7.22. The normalized spacial score (nSPS) is 12.6. The lowest BCUT2D eigenvalue weighted by Gasteiger charge is -2.25. The highest BCUT2D eigenvalue weighted by Gasteiger charge is 2.28. The van der Waals surface area contributed by atoms with Gasteiger partial charge in [-0.3, -0.25) is 4.57 Å². The Bertz CT molecular complexity index is 1990. The quantitative estimate of drug-likeness (QED) is 0.237. The molecule has 170 valence electrons. The average Bonchev–Trinajstić information content (AvgIpc) is 3.23. The minimum atomic E-state index is 0.878. The van der Waals surface area contributed by atoms with Crippen LogP contribution >= 0.6 is 0 Å². The van der Waals surface area contributed by atoms with Crippen LogP contribution in [0.2, 0.25) is 0 Å². The lowest BCUT2D eigenvalue weighted by molar-refractivity contribution is 0.975. The Hall–Kier alpha value is -4.56. The molecule has 0 N–H and O–H groups in total. The van der Waals surface area contributed by atoms with Crippen molar-refractivity contribution in [2.45, 2.75) is 6.92 Å². The first kappa shape index (κ1) is 19.7. The number of rotatable bonds is 1. The van der Waals surface area contributed by atoms with Crippen molar-refractivity contribution < 1.29 is 0 Å². The van der Waals surface area contributed by atoms with Gasteiger partial charge < -0.3 is 4.90 Å². The zero-order valence-electron chi connectivity index (χ0n) is 20.1. The fourth-order valence-electron chi connectivity index (χ4n) is 6.23. The van der Waals surface area contributed by atoms with Crippen LogP contribution < -0.4 is 4.90 Å². The lowest BCUT2D eigenvalue weighted by atomic mass is 9.94. The van der Waals surface area contributed by atoms with Gasteiger partial charge in [0.25, 0.3) is 0 Å². The van der Waals surface area contributed by atoms with Crippen molar-refractivity contribution in [2.24, 2.45) is 0 Å². The third-order valence-corrected chi connectivity index (χ3v) is 7.83. The van der Waals surface area contributed by atoms with E-state index in [4.69, 9.17) is 0 Å². The summed E-state index contributed by atoms with van der Waals surface area (Å²) in [5.41, 5.74) is 6.36. The molecule has 0 radical (unpaired) electrons. The second-order valence-corrected chi connectivity index (χ2v) is 9.71. The maximum absolute atomic E-state index is 2.51. The molecule has 36 heavy (non-hydrogen) atoms. The minimum absolute atomic E-state index is 0.878. The summed E-state index contributed by atoms with van der Waals surface area (Å²) in [6.45, 7) is 3.14. The molecule has 8 rings (SSSR count). The van der Waals surface area contributed by atoms with Crippen LogP contribution in [0.15, 0.2) is 115 Å². The molecule has 0 spiro atoms. The van der Waals surface area contributed by atoms with E-state index >= 15 is 0 Å². The molecule has 2 nitrogen and oxygen atoms in total. The largest absolute Gasteiger partial charge is 0.327 e. The van der Waals surface area contributed by atoms with Gasteiger partial charge in [-0.2, -0.15) is 0 Å². The van der Waals surface area contributed by atoms with Crippen LogP contribution in [0.3, 0.4) is 0 Å². The molecule has 7 aromatic rings. The first-order valence-electron chi connectivity index (χ1n) is 12.7. The fourth-order valence-corrected chi connectivity index (χ4v) is 6.23. The highest BCUT2D eigenvalue weighted by atomic mass is 15.3. The predicted octanol–water partition coefficient (Wildman–Crippen LogP) is 9.23. The summed E-state index contributed by atoms with van der Waals surface area (Å²) < 4.78 is 2.51. The molecule has 0 atom stereocenters. The van der Waals surface area contributed by atoms with Crippen LogP contribution in [0.1, 0.15) is 6.92 Å². The van der Waals surface area contributed by atoms with Crippen LogP contribution in [0.5, 0.6) is 0 Å². The van der Waals surface area contributed by atoms with E-state index in [1.54, 1.807) is 0 Å². The molecule has 0 saturated heterocycles. The lowest BCUT2D eigenvalue weighted by Crippen LogP contribution is -2.18. The third kappa shape index (κ3) is 2.56. The van der Waals surface area contributed by atoms with Crippen LogP contribution in [0, 0.1) is 0 Å². The number of anilines is 2. The van der Waals surface area contributed by atoms with Crippen molar-refractivity contribution in [3.05, 3.63) is 115 Å². The van der Waals surface area contributed by atoms with Gasteiger partial charge in [-0.25, -0.2) is 0 Å². The van der Waals surface area contributed by atoms with Crippen LogP contribution in [0.25, 0.3) is 60.0 Å². The SMILES string of the molecule is CCN1c2c(ccc3ccccc23)-c2ccc3ccccc3c2-n2c1cc1cc3ccccc3cc12. The van der Waals surface area contributed by atoms with Crippen molar-refractivity contribution in [1.82, 2.24) is 4.57 Å². The van der Waals surface area contributed by atoms with Crippen molar-refractivity contribution in [1.29, 1.82) is 0 Å². The molecular weight excluding hydrogens is 436 g/mol. The molecule has 2 heterocycles. The fraction of sp³-hybridized carbons (Fsp3) is 0.0588. The molecule has 0 bridgehead atoms. The van der Waals surface area contributed by atoms with Crippen molar-refractivity contribution in [3.63, 3.8) is 0 Å². The Morgan fingerprint density at radius 3 is 1.72 bits per heavy atom. The molecular formula is C34H24N2. The van der Waals surface area contributed by atoms with Crippen molar-refractivity contribution in [3.8, 4) is 16.8 Å². The third-order valence-electron chi connectivity index (χ3n) is 7.83. The number of hydrogen-bond donors (Lipinski definition) is 0. The smallest absolute Gasteiger partial charge is 0.118 e. The van der Waals surface area contributed by atoms with Crippen molar-refractivity contribution in [2.75, 3.05) is 11.4 Å². The van der Waals surface area contributed by atoms with E-state index < -0.39 is 0 Å². The van der Waals surface area contributed by atoms with E-state index in [-0.39, 0.29) is 0 Å². The van der Waals surface area contributed by atoms with Gasteiger partial charge in [0.05, 0.1) is 16.9 Å². The highest BCUT2D eigenvalue weighted by molar-refractivity contribution is 6.12. The van der Waals surface area contributed by atoms with Gasteiger partial charge in [-0.05, 0) is 46.7 Å². The minimum Gasteiger partial charge on any atom is -0.327 e. The molecule has 2 heteroatoms. The maximum Gasteiger partial charge on any atom is 0.118 e. The average molecular weight is 461 g/mol. The molecule has 0 fully saturated rings. The van der Waals surface area contributed by atoms with E-state index in [1.165, 1.54) is 71.5 Å². The molecule has 1 aliphatic rings. The Morgan fingerprint density at radius 2 is 1.06 bits per heavy atom. The van der Waals surface area contributed by atoms with E-state index in [9.17, 15) is 0 Å². The van der Waals surface area contributed by atoms with Crippen LogP contribution in [-0.2, 0) is 0 Å². The zero-order chi connectivity index (χ0) is 23.8. The van der Waals surface area contributed by atoms with Gasteiger partial charge in [-0.1, -0.05) is 97.1 Å². The molecule has 1 aromatic heterocycles. The van der Waals surface area contributed by atoms with E-state index in [1.807, 2.05) is 0 Å². The first-order valence-corrected chi connectivity index (χ1v) is 12.7. The van der Waals surface area contributed by atoms with Gasteiger partial charge in [0, 0.05) is 33.8 Å². The molecule has 0 aliphatic carbocycles. The summed E-state index contributed by atoms with van der Waals surface area (Å²) >= 11 is 0. The Labute approximate surface area is 209 Å². The summed E-state index contributed by atoms with van der Waals surface area (Å²) in [6.07, 6.45) is 0. The standard InChI is InChI=1S/C34H24N2/c1-2-35-32-21-26-19-24-11-3-4-12-25(24)20-31(26)36(32)34-28-14-8-6-10-23(28)16-18-30(34)29-17-15-22-9-5-7-13-27(22)33(29)35/h3-21H,2H2,1H3. The summed E-state index contributed by atoms with van der Waals surface area (Å²) in [4.78, 5) is 2.51. The molecule has 0 saturated carbocycles. The Morgan fingerprint density at radius 1 is 0.500 bits per heavy atom. The molecule has 6 aromatic carbocycles. The van der Waals surface area contributed by atoms with Gasteiger partial charge in [-0.15, -0.1) is 0 Å². The number of nitrogens with zero attached hydrogens (tertiary/aromatic N) is 2. The molecule has 1 aliphatic heterocycles. The first-order chi connectivity index (χ1) is 17.8. The van der Waals surface area contributed by atoms with E-state index in [0.717, 1.165) is 6.54 Å². The highest BCUT2D eigenvalue weighted by Crippen LogP contribution is 2.50. The van der Waals surface area contributed by atoms with Gasteiger partial charge in [0.2, 0.25) is 0 Å². The number of aromatic nitrogens is 1. The number of hydrogen-bond acceptors (Lipinski definition) is 1. The maximum atomic E-state index is 2.51. The topological polar surface area (TPSA) is 8.17 Å². The number of fused-ring (bicyclic) bond motifs is 12. The van der Waals surface area contributed by atoms with Crippen LogP contribution in [0.4, 0.5) is 11.5 Å². The summed E-state index contributed by atoms with van der Waals surface area (Å²) in [6, 6.07) is 42.5. The van der Waals surface area contributed by atoms with Gasteiger partial charge in [0.15, 0.2) is 0 Å². The molecule has 0 amide bonds. The summed E-state index contributed by atoms with van der Waals surface area (Å²) in [5, 5.41) is 8.91. The second-order valence-electron chi connectivity index (χ2n) is 9.71. The van der Waals surface area contributed by atoms with Gasteiger partial charge in [0.1, 0.15) is 5.82 Å². The van der Waals surface area contributed by atoms with Crippen LogP contribution in [-0.4, -0.2) is 11.1 Å².